The van der Waals surface area contributed by atoms with Crippen molar-refractivity contribution in [3.8, 4) is 0 Å². The van der Waals surface area contributed by atoms with E-state index in [1.165, 1.54) is 12.1 Å². The summed E-state index contributed by atoms with van der Waals surface area (Å²) in [6.45, 7) is 2.90. The highest BCUT2D eigenvalue weighted by molar-refractivity contribution is 6.31. The molecule has 2 aliphatic heterocycles. The Kier molecular flexibility index (Phi) is 5.75. The second kappa shape index (κ2) is 8.68. The first kappa shape index (κ1) is 21.2. The van der Waals surface area contributed by atoms with Gasteiger partial charge in [-0.1, -0.05) is 54.1 Å². The number of halogens is 2. The topological polar surface area (TPSA) is 32.3 Å². The van der Waals surface area contributed by atoms with Crippen LogP contribution in [-0.2, 0) is 17.8 Å². The summed E-state index contributed by atoms with van der Waals surface area (Å²) in [5, 5.41) is 6.32. The van der Waals surface area contributed by atoms with E-state index in [4.69, 9.17) is 11.6 Å². The Bertz CT molecular complexity index is 1180. The van der Waals surface area contributed by atoms with Crippen molar-refractivity contribution in [2.45, 2.75) is 25.8 Å². The number of carbonyl (C=O) groups is 1. The molecule has 2 heterocycles. The fourth-order valence-electron chi connectivity index (χ4n) is 5.25. The highest BCUT2D eigenvalue weighted by Gasteiger charge is 2.42. The molecule has 2 aliphatic rings. The molecule has 3 aromatic carbocycles. The number of hydrogen-bond donors (Lipinski definition) is 1. The molecule has 0 spiro atoms. The predicted octanol–water partition coefficient (Wildman–Crippen LogP) is 5.51. The van der Waals surface area contributed by atoms with E-state index in [0.717, 1.165) is 59.8 Å². The molecule has 0 unspecified atom stereocenters. The molecule has 32 heavy (non-hydrogen) atoms. The number of amides is 1. The lowest BCUT2D eigenvalue weighted by atomic mass is 9.68. The molecule has 0 bridgehead atoms. The van der Waals surface area contributed by atoms with Crippen molar-refractivity contribution in [1.29, 1.82) is 0 Å². The van der Waals surface area contributed by atoms with Gasteiger partial charge in [0.2, 0.25) is 0 Å². The lowest BCUT2D eigenvalue weighted by Gasteiger charge is -2.39. The zero-order valence-corrected chi connectivity index (χ0v) is 18.7. The number of nitrogens with one attached hydrogen (secondary N) is 1. The zero-order chi connectivity index (χ0) is 22.1. The minimum atomic E-state index is -0.232. The van der Waals surface area contributed by atoms with Crippen molar-refractivity contribution in [2.24, 2.45) is 5.41 Å². The molecule has 1 saturated heterocycles. The fourth-order valence-corrected chi connectivity index (χ4v) is 5.50. The predicted molar refractivity (Wildman–Crippen MR) is 127 cm³/mol. The first-order chi connectivity index (χ1) is 15.5. The van der Waals surface area contributed by atoms with Gasteiger partial charge in [-0.05, 0) is 78.5 Å². The van der Waals surface area contributed by atoms with E-state index < -0.39 is 0 Å². The Balaban J connectivity index is 1.41. The molecule has 164 valence electrons. The zero-order valence-electron chi connectivity index (χ0n) is 17.9. The maximum absolute atomic E-state index is 13.6. The summed E-state index contributed by atoms with van der Waals surface area (Å²) in [6, 6.07) is 18.8. The molecule has 5 rings (SSSR count). The van der Waals surface area contributed by atoms with Gasteiger partial charge < -0.3 is 10.2 Å². The third kappa shape index (κ3) is 4.05. The van der Waals surface area contributed by atoms with Gasteiger partial charge >= 0.3 is 0 Å². The van der Waals surface area contributed by atoms with Gasteiger partial charge in [-0.25, -0.2) is 4.39 Å². The average molecular weight is 449 g/mol. The molecule has 1 amide bonds. The highest BCUT2D eigenvalue weighted by Crippen LogP contribution is 2.43. The second-order valence-electron chi connectivity index (χ2n) is 8.92. The van der Waals surface area contributed by atoms with Crippen molar-refractivity contribution in [1.82, 2.24) is 10.2 Å². The molecule has 0 atom stereocenters. The number of nitrogens with zero attached hydrogens (tertiary/aromatic N) is 1. The van der Waals surface area contributed by atoms with Crippen molar-refractivity contribution in [3.05, 3.63) is 94.3 Å². The number of benzene rings is 3. The van der Waals surface area contributed by atoms with Crippen LogP contribution < -0.4 is 5.32 Å². The van der Waals surface area contributed by atoms with Crippen LogP contribution in [0.1, 0.15) is 24.0 Å². The van der Waals surface area contributed by atoms with E-state index in [0.29, 0.717) is 18.1 Å². The van der Waals surface area contributed by atoms with Crippen LogP contribution in [0.25, 0.3) is 10.8 Å². The van der Waals surface area contributed by atoms with Gasteiger partial charge in [0.05, 0.1) is 0 Å². The van der Waals surface area contributed by atoms with Gasteiger partial charge in [-0.3, -0.25) is 4.79 Å². The first-order valence-corrected chi connectivity index (χ1v) is 11.5. The van der Waals surface area contributed by atoms with Crippen LogP contribution in [0.2, 0.25) is 5.02 Å². The van der Waals surface area contributed by atoms with Crippen LogP contribution in [0, 0.1) is 11.2 Å². The Morgan fingerprint density at radius 1 is 1.03 bits per heavy atom. The normalized spacial score (nSPS) is 18.2. The molecule has 0 aromatic heterocycles. The number of carbonyl (C=O) groups excluding carboxylic acids is 1. The van der Waals surface area contributed by atoms with Crippen LogP contribution in [-0.4, -0.2) is 30.4 Å². The molecular weight excluding hydrogens is 423 g/mol. The van der Waals surface area contributed by atoms with E-state index in [1.54, 1.807) is 0 Å². The summed E-state index contributed by atoms with van der Waals surface area (Å²) < 4.78 is 13.4. The number of rotatable bonds is 5. The maximum Gasteiger partial charge on any atom is 0.250 e. The average Bonchev–Trinajstić information content (AvgIpc) is 3.16. The summed E-state index contributed by atoms with van der Waals surface area (Å²) in [5.74, 6) is -0.123. The molecule has 3 aromatic rings. The first-order valence-electron chi connectivity index (χ1n) is 11.2. The van der Waals surface area contributed by atoms with Crippen LogP contribution in [0.4, 0.5) is 4.39 Å². The van der Waals surface area contributed by atoms with Crippen molar-refractivity contribution < 1.29 is 9.18 Å². The molecule has 3 nitrogen and oxygen atoms in total. The van der Waals surface area contributed by atoms with Crippen molar-refractivity contribution in [3.63, 3.8) is 0 Å². The van der Waals surface area contributed by atoms with Crippen LogP contribution in [0.3, 0.4) is 0 Å². The summed E-state index contributed by atoms with van der Waals surface area (Å²) in [6.07, 6.45) is 4.66. The van der Waals surface area contributed by atoms with Crippen molar-refractivity contribution in [2.75, 3.05) is 19.6 Å². The van der Waals surface area contributed by atoms with Crippen LogP contribution >= 0.6 is 11.6 Å². The summed E-state index contributed by atoms with van der Waals surface area (Å²) >= 11 is 6.37. The van der Waals surface area contributed by atoms with Gasteiger partial charge in [0.15, 0.2) is 0 Å². The van der Waals surface area contributed by atoms with Gasteiger partial charge in [0.1, 0.15) is 5.82 Å². The van der Waals surface area contributed by atoms with Crippen molar-refractivity contribution >= 4 is 28.3 Å². The Morgan fingerprint density at radius 3 is 2.56 bits per heavy atom. The maximum atomic E-state index is 13.6. The van der Waals surface area contributed by atoms with E-state index in [9.17, 15) is 9.18 Å². The summed E-state index contributed by atoms with van der Waals surface area (Å²) in [4.78, 5) is 15.5. The van der Waals surface area contributed by atoms with Gasteiger partial charge in [-0.15, -0.1) is 0 Å². The quantitative estimate of drug-likeness (QED) is 0.558. The van der Waals surface area contributed by atoms with Gasteiger partial charge in [-0.2, -0.15) is 0 Å². The Labute approximate surface area is 192 Å². The number of piperidine rings is 1. The van der Waals surface area contributed by atoms with Gasteiger partial charge in [0, 0.05) is 29.1 Å². The summed E-state index contributed by atoms with van der Waals surface area (Å²) in [5.41, 5.74) is 2.83. The Hall–Kier alpha value is -2.69. The number of fused-ring (bicyclic) bond motifs is 1. The third-order valence-electron chi connectivity index (χ3n) is 6.89. The molecule has 0 saturated carbocycles. The van der Waals surface area contributed by atoms with E-state index in [2.05, 4.69) is 17.5 Å². The molecule has 1 N–H and O–H groups in total. The van der Waals surface area contributed by atoms with Crippen LogP contribution in [0.5, 0.6) is 0 Å². The molecular formula is C27H26ClFN2O. The standard InChI is InChI=1S/C27H26ClFN2O/c28-22-15-20-3-1-2-4-24(20)21(16-22)18-31-14-9-25(26(31)32)27(10-12-30-13-11-27)17-19-5-7-23(29)8-6-19/h1-9,15-16,30H,10-14,17-18H2. The van der Waals surface area contributed by atoms with E-state index in [1.807, 2.05) is 47.4 Å². The van der Waals surface area contributed by atoms with E-state index >= 15 is 0 Å². The smallest absolute Gasteiger partial charge is 0.250 e. The molecule has 0 aliphatic carbocycles. The molecule has 1 fully saturated rings. The lowest BCUT2D eigenvalue weighted by molar-refractivity contribution is -0.127. The largest absolute Gasteiger partial charge is 0.331 e. The molecule has 0 radical (unpaired) electrons. The second-order valence-corrected chi connectivity index (χ2v) is 9.36. The van der Waals surface area contributed by atoms with Gasteiger partial charge in [0.25, 0.3) is 5.91 Å². The van der Waals surface area contributed by atoms with E-state index in [-0.39, 0.29) is 17.1 Å². The fraction of sp³-hybridized carbons (Fsp3) is 0.296. The van der Waals surface area contributed by atoms with Crippen LogP contribution in [0.15, 0.2) is 72.3 Å². The molecule has 5 heteroatoms. The Morgan fingerprint density at radius 2 is 1.78 bits per heavy atom. The summed E-state index contributed by atoms with van der Waals surface area (Å²) in [7, 11) is 0. The minimum Gasteiger partial charge on any atom is -0.331 e. The highest BCUT2D eigenvalue weighted by atomic mass is 35.5. The lowest BCUT2D eigenvalue weighted by Crippen LogP contribution is -2.42. The SMILES string of the molecule is O=C1C(C2(Cc3ccc(F)cc3)CCNCC2)=CCN1Cc1cc(Cl)cc2ccccc12. The number of hydrogen-bond acceptors (Lipinski definition) is 2. The monoisotopic (exact) mass is 448 g/mol. The minimum absolute atomic E-state index is 0.109. The third-order valence-corrected chi connectivity index (χ3v) is 7.11.